The van der Waals surface area contributed by atoms with Crippen LogP contribution in [0.15, 0.2) is 30.3 Å². The molecule has 0 aliphatic carbocycles. The van der Waals surface area contributed by atoms with Gasteiger partial charge in [0.05, 0.1) is 6.61 Å². The molecule has 0 aliphatic rings. The normalized spacial score (nSPS) is 12.7. The molecular formula is C12H17NO2. The van der Waals surface area contributed by atoms with E-state index in [1.807, 2.05) is 44.2 Å². The molecule has 0 aromatic heterocycles. The SMILES string of the molecule is CC(C)C(OCc1ccccc1)C(N)=O. The summed E-state index contributed by atoms with van der Waals surface area (Å²) in [5.41, 5.74) is 6.28. The maximum absolute atomic E-state index is 11.1. The molecule has 3 nitrogen and oxygen atoms in total. The molecule has 0 saturated carbocycles. The van der Waals surface area contributed by atoms with Crippen molar-refractivity contribution < 1.29 is 9.53 Å². The van der Waals surface area contributed by atoms with Crippen LogP contribution in [-0.4, -0.2) is 12.0 Å². The van der Waals surface area contributed by atoms with Crippen LogP contribution in [0.1, 0.15) is 19.4 Å². The zero-order chi connectivity index (χ0) is 11.3. The maximum atomic E-state index is 11.1. The van der Waals surface area contributed by atoms with E-state index in [2.05, 4.69) is 0 Å². The average Bonchev–Trinajstić information content (AvgIpc) is 2.18. The van der Waals surface area contributed by atoms with Gasteiger partial charge in [-0.2, -0.15) is 0 Å². The summed E-state index contributed by atoms with van der Waals surface area (Å²) in [6.07, 6.45) is -0.509. The Balaban J connectivity index is 2.51. The van der Waals surface area contributed by atoms with Gasteiger partial charge >= 0.3 is 0 Å². The van der Waals surface area contributed by atoms with Crippen LogP contribution in [0.25, 0.3) is 0 Å². The summed E-state index contributed by atoms with van der Waals surface area (Å²) in [5.74, 6) is -0.299. The first kappa shape index (κ1) is 11.7. The molecule has 0 radical (unpaired) electrons. The molecule has 1 unspecified atom stereocenters. The lowest BCUT2D eigenvalue weighted by molar-refractivity contribution is -0.133. The molecule has 1 atom stereocenters. The number of ether oxygens (including phenoxy) is 1. The number of primary amides is 1. The molecule has 0 aliphatic heterocycles. The van der Waals surface area contributed by atoms with E-state index in [0.29, 0.717) is 6.61 Å². The van der Waals surface area contributed by atoms with Crippen molar-refractivity contribution in [3.63, 3.8) is 0 Å². The molecule has 0 saturated heterocycles. The summed E-state index contributed by atoms with van der Waals surface area (Å²) in [6, 6.07) is 9.73. The number of hydrogen-bond donors (Lipinski definition) is 1. The lowest BCUT2D eigenvalue weighted by atomic mass is 10.1. The zero-order valence-corrected chi connectivity index (χ0v) is 9.14. The molecule has 15 heavy (non-hydrogen) atoms. The number of nitrogens with two attached hydrogens (primary N) is 1. The van der Waals surface area contributed by atoms with E-state index >= 15 is 0 Å². The van der Waals surface area contributed by atoms with Crippen molar-refractivity contribution in [3.8, 4) is 0 Å². The monoisotopic (exact) mass is 207 g/mol. The Morgan fingerprint density at radius 1 is 1.33 bits per heavy atom. The van der Waals surface area contributed by atoms with Gasteiger partial charge in [0.15, 0.2) is 0 Å². The fraction of sp³-hybridized carbons (Fsp3) is 0.417. The molecule has 3 heteroatoms. The van der Waals surface area contributed by atoms with Crippen molar-refractivity contribution in [1.29, 1.82) is 0 Å². The van der Waals surface area contributed by atoms with Crippen LogP contribution in [0.5, 0.6) is 0 Å². The van der Waals surface area contributed by atoms with Gasteiger partial charge in [-0.05, 0) is 11.5 Å². The van der Waals surface area contributed by atoms with Gasteiger partial charge in [0.25, 0.3) is 0 Å². The number of hydrogen-bond acceptors (Lipinski definition) is 2. The Morgan fingerprint density at radius 2 is 1.93 bits per heavy atom. The number of carbonyl (C=O) groups excluding carboxylic acids is 1. The van der Waals surface area contributed by atoms with E-state index in [0.717, 1.165) is 5.56 Å². The van der Waals surface area contributed by atoms with Crippen LogP contribution in [0.2, 0.25) is 0 Å². The van der Waals surface area contributed by atoms with Crippen molar-refractivity contribution in [2.75, 3.05) is 0 Å². The summed E-state index contributed by atoms with van der Waals surface area (Å²) < 4.78 is 5.48. The minimum atomic E-state index is -0.509. The summed E-state index contributed by atoms with van der Waals surface area (Å²) in [7, 11) is 0. The summed E-state index contributed by atoms with van der Waals surface area (Å²) in [6.45, 7) is 4.26. The average molecular weight is 207 g/mol. The predicted molar refractivity (Wildman–Crippen MR) is 59.1 cm³/mol. The second-order valence-corrected chi connectivity index (χ2v) is 3.86. The molecule has 1 aromatic carbocycles. The van der Waals surface area contributed by atoms with Crippen molar-refractivity contribution in [1.82, 2.24) is 0 Å². The molecular weight excluding hydrogens is 190 g/mol. The highest BCUT2D eigenvalue weighted by molar-refractivity contribution is 5.79. The third-order valence-corrected chi connectivity index (χ3v) is 2.16. The smallest absolute Gasteiger partial charge is 0.246 e. The van der Waals surface area contributed by atoms with Gasteiger partial charge in [-0.3, -0.25) is 4.79 Å². The largest absolute Gasteiger partial charge is 0.367 e. The third-order valence-electron chi connectivity index (χ3n) is 2.16. The molecule has 0 bridgehead atoms. The molecule has 2 N–H and O–H groups in total. The Kier molecular flexibility index (Phi) is 4.31. The van der Waals surface area contributed by atoms with Crippen LogP contribution in [-0.2, 0) is 16.1 Å². The van der Waals surface area contributed by atoms with E-state index < -0.39 is 12.0 Å². The Bertz CT molecular complexity index is 309. The van der Waals surface area contributed by atoms with E-state index in [1.165, 1.54) is 0 Å². The Hall–Kier alpha value is -1.35. The van der Waals surface area contributed by atoms with Gasteiger partial charge in [-0.25, -0.2) is 0 Å². The van der Waals surface area contributed by atoms with Crippen molar-refractivity contribution in [3.05, 3.63) is 35.9 Å². The third kappa shape index (κ3) is 3.72. The Morgan fingerprint density at radius 3 is 2.40 bits per heavy atom. The lowest BCUT2D eigenvalue weighted by Crippen LogP contribution is -2.35. The quantitative estimate of drug-likeness (QED) is 0.799. The van der Waals surface area contributed by atoms with E-state index in [4.69, 9.17) is 10.5 Å². The molecule has 0 fully saturated rings. The van der Waals surface area contributed by atoms with Gasteiger partial charge in [0.2, 0.25) is 5.91 Å². The van der Waals surface area contributed by atoms with Crippen LogP contribution in [0.3, 0.4) is 0 Å². The van der Waals surface area contributed by atoms with Crippen LogP contribution in [0.4, 0.5) is 0 Å². The second kappa shape index (κ2) is 5.51. The molecule has 1 rings (SSSR count). The highest BCUT2D eigenvalue weighted by atomic mass is 16.5. The van der Waals surface area contributed by atoms with Crippen molar-refractivity contribution in [2.24, 2.45) is 11.7 Å². The van der Waals surface area contributed by atoms with Gasteiger partial charge in [0, 0.05) is 0 Å². The first-order chi connectivity index (χ1) is 7.11. The highest BCUT2D eigenvalue weighted by Crippen LogP contribution is 2.09. The number of amides is 1. The first-order valence-electron chi connectivity index (χ1n) is 5.06. The van der Waals surface area contributed by atoms with Gasteiger partial charge in [-0.1, -0.05) is 44.2 Å². The molecule has 82 valence electrons. The van der Waals surface area contributed by atoms with Crippen molar-refractivity contribution in [2.45, 2.75) is 26.6 Å². The van der Waals surface area contributed by atoms with E-state index in [1.54, 1.807) is 0 Å². The van der Waals surface area contributed by atoms with E-state index in [9.17, 15) is 4.79 Å². The maximum Gasteiger partial charge on any atom is 0.246 e. The summed E-state index contributed by atoms with van der Waals surface area (Å²) >= 11 is 0. The van der Waals surface area contributed by atoms with Gasteiger partial charge in [0.1, 0.15) is 6.10 Å². The molecule has 1 amide bonds. The standard InChI is InChI=1S/C12H17NO2/c1-9(2)11(12(13)14)15-8-10-6-4-3-5-7-10/h3-7,9,11H,8H2,1-2H3,(H2,13,14). The Labute approximate surface area is 90.2 Å². The zero-order valence-electron chi connectivity index (χ0n) is 9.14. The minimum absolute atomic E-state index is 0.103. The fourth-order valence-electron chi connectivity index (χ4n) is 1.36. The molecule has 1 aromatic rings. The highest BCUT2D eigenvalue weighted by Gasteiger charge is 2.19. The first-order valence-corrected chi connectivity index (χ1v) is 5.06. The van der Waals surface area contributed by atoms with Crippen LogP contribution < -0.4 is 5.73 Å². The van der Waals surface area contributed by atoms with Gasteiger partial charge in [-0.15, -0.1) is 0 Å². The predicted octanol–water partition coefficient (Wildman–Crippen LogP) is 1.71. The second-order valence-electron chi connectivity index (χ2n) is 3.86. The number of benzene rings is 1. The van der Waals surface area contributed by atoms with Crippen molar-refractivity contribution >= 4 is 5.91 Å². The van der Waals surface area contributed by atoms with E-state index in [-0.39, 0.29) is 5.92 Å². The lowest BCUT2D eigenvalue weighted by Gasteiger charge is -2.17. The number of rotatable bonds is 5. The molecule has 0 spiro atoms. The number of carbonyl (C=O) groups is 1. The van der Waals surface area contributed by atoms with Crippen LogP contribution in [0, 0.1) is 5.92 Å². The van der Waals surface area contributed by atoms with Gasteiger partial charge < -0.3 is 10.5 Å². The summed E-state index contributed by atoms with van der Waals surface area (Å²) in [4.78, 5) is 11.1. The topological polar surface area (TPSA) is 52.3 Å². The fourth-order valence-corrected chi connectivity index (χ4v) is 1.36. The molecule has 0 heterocycles. The summed E-state index contributed by atoms with van der Waals surface area (Å²) in [5, 5.41) is 0. The van der Waals surface area contributed by atoms with Crippen LogP contribution >= 0.6 is 0 Å². The minimum Gasteiger partial charge on any atom is -0.367 e.